The van der Waals surface area contributed by atoms with E-state index in [1.807, 2.05) is 54.4 Å². The van der Waals surface area contributed by atoms with Crippen LogP contribution in [0.1, 0.15) is 28.8 Å². The quantitative estimate of drug-likeness (QED) is 0.280. The molecule has 1 aliphatic rings. The zero-order valence-electron chi connectivity index (χ0n) is 23.1. The number of carbonyl (C=O) groups excluding carboxylic acids is 2. The number of nitrogens with zero attached hydrogens (tertiary/aromatic N) is 5. The number of nitrogens with one attached hydrogen (secondary N) is 3. The second-order valence-electron chi connectivity index (χ2n) is 10.3. The standard InChI is InChI=1S/C31H32N8O2/c1-38(2)15-5-8-28(40)35-23-11-9-21(10-12-23)30(41)39-16-13-24(14-17-39)36-31-34-19-22(18-32)29(37-31)26-20-33-27-7-4-3-6-25(26)27/h3-12,19-20,24,33H,13-17H2,1-2H3,(H,35,40)(H,34,36,37). The van der Waals surface area contributed by atoms with Crippen molar-refractivity contribution in [3.05, 3.63) is 84.2 Å². The van der Waals surface area contributed by atoms with Crippen LogP contribution in [0, 0.1) is 11.3 Å². The van der Waals surface area contributed by atoms with Crippen LogP contribution in [0.4, 0.5) is 11.6 Å². The van der Waals surface area contributed by atoms with Gasteiger partial charge in [-0.25, -0.2) is 9.97 Å². The van der Waals surface area contributed by atoms with E-state index < -0.39 is 0 Å². The van der Waals surface area contributed by atoms with Crippen LogP contribution in [0.5, 0.6) is 0 Å². The highest BCUT2D eigenvalue weighted by molar-refractivity contribution is 6.00. The van der Waals surface area contributed by atoms with Gasteiger partial charge in [0, 0.05) is 65.7 Å². The molecule has 2 aromatic carbocycles. The van der Waals surface area contributed by atoms with Gasteiger partial charge in [0.05, 0.1) is 17.5 Å². The molecule has 0 spiro atoms. The number of hydrogen-bond donors (Lipinski definition) is 3. The van der Waals surface area contributed by atoms with E-state index in [1.165, 1.54) is 6.08 Å². The Hall–Kier alpha value is -5.01. The number of H-pyrrole nitrogens is 1. The van der Waals surface area contributed by atoms with Crippen LogP contribution in [-0.4, -0.2) is 76.3 Å². The van der Waals surface area contributed by atoms with Crippen molar-refractivity contribution in [3.63, 3.8) is 0 Å². The molecule has 2 amide bonds. The van der Waals surface area contributed by atoms with E-state index in [1.54, 1.807) is 36.5 Å². The summed E-state index contributed by atoms with van der Waals surface area (Å²) >= 11 is 0. The lowest BCUT2D eigenvalue weighted by Gasteiger charge is -2.32. The molecule has 0 radical (unpaired) electrons. The first-order chi connectivity index (χ1) is 19.9. The van der Waals surface area contributed by atoms with Crippen LogP contribution in [0.15, 0.2) is 73.1 Å². The lowest BCUT2D eigenvalue weighted by molar-refractivity contribution is -0.111. The third-order valence-electron chi connectivity index (χ3n) is 7.01. The number of anilines is 2. The number of aromatic amines is 1. The average molecular weight is 549 g/mol. The van der Waals surface area contributed by atoms with E-state index in [2.05, 4.69) is 26.7 Å². The zero-order valence-corrected chi connectivity index (χ0v) is 23.1. The van der Waals surface area contributed by atoms with Gasteiger partial charge in [0.2, 0.25) is 11.9 Å². The van der Waals surface area contributed by atoms with Crippen molar-refractivity contribution < 1.29 is 9.59 Å². The number of para-hydroxylation sites is 1. The van der Waals surface area contributed by atoms with E-state index in [4.69, 9.17) is 4.98 Å². The fourth-order valence-electron chi connectivity index (χ4n) is 4.85. The number of likely N-dealkylation sites (N-methyl/N-ethyl adjacent to an activating group) is 1. The summed E-state index contributed by atoms with van der Waals surface area (Å²) in [5.41, 5.74) is 4.04. The maximum Gasteiger partial charge on any atom is 0.253 e. The molecule has 0 atom stereocenters. The minimum absolute atomic E-state index is 0.0385. The highest BCUT2D eigenvalue weighted by atomic mass is 16.2. The molecule has 0 saturated carbocycles. The van der Waals surface area contributed by atoms with E-state index in [-0.39, 0.29) is 17.9 Å². The number of aromatic nitrogens is 3. The summed E-state index contributed by atoms with van der Waals surface area (Å²) < 4.78 is 0. The largest absolute Gasteiger partial charge is 0.360 e. The molecule has 2 aromatic heterocycles. The first-order valence-electron chi connectivity index (χ1n) is 13.5. The van der Waals surface area contributed by atoms with Gasteiger partial charge in [0.25, 0.3) is 5.91 Å². The van der Waals surface area contributed by atoms with Gasteiger partial charge in [-0.1, -0.05) is 24.3 Å². The van der Waals surface area contributed by atoms with Crippen LogP contribution in [0.25, 0.3) is 22.2 Å². The van der Waals surface area contributed by atoms with Crippen LogP contribution >= 0.6 is 0 Å². The number of rotatable bonds is 8. The predicted molar refractivity (Wildman–Crippen MR) is 159 cm³/mol. The summed E-state index contributed by atoms with van der Waals surface area (Å²) in [4.78, 5) is 41.3. The average Bonchev–Trinajstić information content (AvgIpc) is 3.41. The molecule has 3 heterocycles. The molecule has 5 rings (SSSR count). The SMILES string of the molecule is CN(C)CC=CC(=O)Nc1ccc(C(=O)N2CCC(Nc3ncc(C#N)c(-c4c[nH]c5ccccc45)n3)CC2)cc1. The predicted octanol–water partition coefficient (Wildman–Crippen LogP) is 4.27. The topological polar surface area (TPSA) is 130 Å². The van der Waals surface area contributed by atoms with Crippen LogP contribution in [-0.2, 0) is 4.79 Å². The van der Waals surface area contributed by atoms with Gasteiger partial charge in [-0.15, -0.1) is 0 Å². The number of carbonyl (C=O) groups is 2. The minimum atomic E-state index is -0.208. The van der Waals surface area contributed by atoms with E-state index in [0.717, 1.165) is 29.3 Å². The molecular formula is C31H32N8O2. The van der Waals surface area contributed by atoms with E-state index in [0.29, 0.717) is 48.1 Å². The number of benzene rings is 2. The van der Waals surface area contributed by atoms with Gasteiger partial charge in [0.1, 0.15) is 6.07 Å². The number of fused-ring (bicyclic) bond motifs is 1. The van der Waals surface area contributed by atoms with Gasteiger partial charge in [-0.3, -0.25) is 9.59 Å². The molecule has 1 saturated heterocycles. The Bertz CT molecular complexity index is 1610. The first kappa shape index (κ1) is 27.6. The van der Waals surface area contributed by atoms with Crippen molar-refractivity contribution in [2.24, 2.45) is 0 Å². The third-order valence-corrected chi connectivity index (χ3v) is 7.01. The molecule has 0 aliphatic carbocycles. The number of amides is 2. The fraction of sp³-hybridized carbons (Fsp3) is 0.258. The number of nitriles is 1. The number of likely N-dealkylation sites (tertiary alicyclic amines) is 1. The normalized spacial score (nSPS) is 14.0. The zero-order chi connectivity index (χ0) is 28.8. The van der Waals surface area contributed by atoms with Gasteiger partial charge in [0.15, 0.2) is 0 Å². The molecule has 0 unspecified atom stereocenters. The molecule has 3 N–H and O–H groups in total. The molecule has 208 valence electrons. The Labute approximate surface area is 238 Å². The van der Waals surface area contributed by atoms with Crippen molar-refractivity contribution in [2.75, 3.05) is 44.4 Å². The molecule has 1 aliphatic heterocycles. The van der Waals surface area contributed by atoms with Crippen molar-refractivity contribution in [1.82, 2.24) is 24.8 Å². The van der Waals surface area contributed by atoms with Crippen molar-refractivity contribution >= 4 is 34.4 Å². The van der Waals surface area contributed by atoms with Crippen molar-refractivity contribution in [2.45, 2.75) is 18.9 Å². The fourth-order valence-corrected chi connectivity index (χ4v) is 4.85. The second kappa shape index (κ2) is 12.4. The molecule has 0 bridgehead atoms. The highest BCUT2D eigenvalue weighted by Crippen LogP contribution is 2.30. The van der Waals surface area contributed by atoms with Gasteiger partial charge >= 0.3 is 0 Å². The second-order valence-corrected chi connectivity index (χ2v) is 10.3. The highest BCUT2D eigenvalue weighted by Gasteiger charge is 2.24. The van der Waals surface area contributed by atoms with Gasteiger partial charge in [-0.2, -0.15) is 5.26 Å². The van der Waals surface area contributed by atoms with Gasteiger partial charge in [-0.05, 0) is 57.3 Å². The van der Waals surface area contributed by atoms with Crippen LogP contribution in [0.3, 0.4) is 0 Å². The smallest absolute Gasteiger partial charge is 0.253 e. The van der Waals surface area contributed by atoms with Crippen molar-refractivity contribution in [3.8, 4) is 17.3 Å². The number of hydrogen-bond acceptors (Lipinski definition) is 7. The maximum atomic E-state index is 13.1. The lowest BCUT2D eigenvalue weighted by atomic mass is 10.0. The van der Waals surface area contributed by atoms with E-state index in [9.17, 15) is 14.9 Å². The van der Waals surface area contributed by atoms with Crippen molar-refractivity contribution in [1.29, 1.82) is 5.26 Å². The Morgan fingerprint density at radius 2 is 1.90 bits per heavy atom. The van der Waals surface area contributed by atoms with Crippen LogP contribution in [0.2, 0.25) is 0 Å². The van der Waals surface area contributed by atoms with E-state index >= 15 is 0 Å². The summed E-state index contributed by atoms with van der Waals surface area (Å²) in [5.74, 6) is 0.215. The molecule has 10 nitrogen and oxygen atoms in total. The summed E-state index contributed by atoms with van der Waals surface area (Å²) in [6.07, 6.45) is 8.20. The lowest BCUT2D eigenvalue weighted by Crippen LogP contribution is -2.42. The Balaban J connectivity index is 1.17. The molecule has 10 heteroatoms. The minimum Gasteiger partial charge on any atom is -0.360 e. The molecule has 4 aromatic rings. The van der Waals surface area contributed by atoms with Crippen LogP contribution < -0.4 is 10.6 Å². The third kappa shape index (κ3) is 6.59. The summed E-state index contributed by atoms with van der Waals surface area (Å²) in [6, 6.07) is 17.2. The monoisotopic (exact) mass is 548 g/mol. The molecule has 1 fully saturated rings. The Morgan fingerprint density at radius 3 is 2.63 bits per heavy atom. The summed E-state index contributed by atoms with van der Waals surface area (Å²) in [6.45, 7) is 1.87. The van der Waals surface area contributed by atoms with Gasteiger partial charge < -0.3 is 25.4 Å². The Kier molecular flexibility index (Phi) is 8.36. The summed E-state index contributed by atoms with van der Waals surface area (Å²) in [5, 5.41) is 16.9. The first-order valence-corrected chi connectivity index (χ1v) is 13.5. The number of piperidine rings is 1. The molecule has 41 heavy (non-hydrogen) atoms. The maximum absolute atomic E-state index is 13.1. The Morgan fingerprint density at radius 1 is 1.15 bits per heavy atom. The summed E-state index contributed by atoms with van der Waals surface area (Å²) in [7, 11) is 3.87. The molecular weight excluding hydrogens is 516 g/mol.